The molecule has 0 aromatic rings. The first-order valence-corrected chi connectivity index (χ1v) is 14.0. The van der Waals surface area contributed by atoms with Crippen molar-refractivity contribution in [2.24, 2.45) is 5.73 Å². The molecule has 2 bridgehead atoms. The average molecular weight is 503 g/mol. The minimum absolute atomic E-state index is 0.0226. The zero-order chi connectivity index (χ0) is 25.3. The van der Waals surface area contributed by atoms with Gasteiger partial charge in [0.2, 0.25) is 23.6 Å². The Labute approximate surface area is 213 Å². The second-order valence-corrected chi connectivity index (χ2v) is 11.7. The molecule has 6 aliphatic rings. The first-order chi connectivity index (χ1) is 17.3. The van der Waals surface area contributed by atoms with Crippen molar-refractivity contribution >= 4 is 23.6 Å². The Bertz CT molecular complexity index is 858. The summed E-state index contributed by atoms with van der Waals surface area (Å²) in [6, 6.07) is -0.352. The lowest BCUT2D eigenvalue weighted by molar-refractivity contribution is -0.136. The molecule has 10 heteroatoms. The van der Waals surface area contributed by atoms with Crippen molar-refractivity contribution in [1.82, 2.24) is 25.3 Å². The number of amides is 4. The van der Waals surface area contributed by atoms with Gasteiger partial charge in [-0.15, -0.1) is 0 Å². The maximum atomic E-state index is 13.7. The fraction of sp³-hybridized carbons (Fsp3) is 0.846. The van der Waals surface area contributed by atoms with Crippen molar-refractivity contribution in [2.75, 3.05) is 32.7 Å². The number of carbonyl (C=O) groups is 4. The molecular formula is C26H42N6O4. The highest BCUT2D eigenvalue weighted by molar-refractivity contribution is 5.92. The normalized spacial score (nSPS) is 31.7. The van der Waals surface area contributed by atoms with Crippen LogP contribution >= 0.6 is 0 Å². The van der Waals surface area contributed by atoms with Crippen molar-refractivity contribution in [3.8, 4) is 0 Å². The molecule has 200 valence electrons. The van der Waals surface area contributed by atoms with Gasteiger partial charge >= 0.3 is 0 Å². The molecule has 1 saturated carbocycles. The van der Waals surface area contributed by atoms with Crippen molar-refractivity contribution in [3.05, 3.63) is 0 Å². The molecule has 6 fully saturated rings. The van der Waals surface area contributed by atoms with Crippen LogP contribution in [0.2, 0.25) is 0 Å². The minimum atomic E-state index is -1.04. The van der Waals surface area contributed by atoms with E-state index in [4.69, 9.17) is 5.73 Å². The topological polar surface area (TPSA) is 128 Å². The summed E-state index contributed by atoms with van der Waals surface area (Å²) in [5, 5.41) is 6.10. The highest BCUT2D eigenvalue weighted by Gasteiger charge is 2.44. The molecule has 0 unspecified atom stereocenters. The summed E-state index contributed by atoms with van der Waals surface area (Å²) in [6.45, 7) is 3.77. The number of hydrogen-bond acceptors (Lipinski definition) is 6. The first kappa shape index (κ1) is 25.4. The monoisotopic (exact) mass is 502 g/mol. The van der Waals surface area contributed by atoms with Crippen LogP contribution in [0.5, 0.6) is 0 Å². The molecule has 1 aliphatic carbocycles. The van der Waals surface area contributed by atoms with E-state index in [-0.39, 0.29) is 42.6 Å². The quantitative estimate of drug-likeness (QED) is 0.491. The first-order valence-electron chi connectivity index (χ1n) is 14.0. The van der Waals surface area contributed by atoms with Crippen LogP contribution in [-0.2, 0) is 19.2 Å². The zero-order valence-electron chi connectivity index (χ0n) is 21.4. The number of rotatable bonds is 2. The van der Waals surface area contributed by atoms with Gasteiger partial charge in [0.05, 0.1) is 18.0 Å². The fourth-order valence-electron chi connectivity index (χ4n) is 7.31. The Hall–Kier alpha value is -2.20. The summed E-state index contributed by atoms with van der Waals surface area (Å²) in [6.07, 6.45) is 9.80. The van der Waals surface area contributed by atoms with Crippen LogP contribution in [0.4, 0.5) is 0 Å². The van der Waals surface area contributed by atoms with E-state index in [0.717, 1.165) is 45.3 Å². The molecule has 1 spiro atoms. The molecule has 5 saturated heterocycles. The second kappa shape index (κ2) is 10.7. The van der Waals surface area contributed by atoms with E-state index in [2.05, 4.69) is 20.4 Å². The number of primary amides is 1. The maximum absolute atomic E-state index is 13.7. The summed E-state index contributed by atoms with van der Waals surface area (Å²) in [5.41, 5.74) is 4.93. The molecule has 36 heavy (non-hydrogen) atoms. The average Bonchev–Trinajstić information content (AvgIpc) is 3.56. The molecule has 0 aromatic heterocycles. The van der Waals surface area contributed by atoms with Gasteiger partial charge in [-0.25, -0.2) is 0 Å². The van der Waals surface area contributed by atoms with Crippen molar-refractivity contribution < 1.29 is 19.2 Å². The van der Waals surface area contributed by atoms with Crippen LogP contribution < -0.4 is 16.4 Å². The number of nitrogens with zero attached hydrogens (tertiary/aromatic N) is 3. The van der Waals surface area contributed by atoms with Gasteiger partial charge in [-0.2, -0.15) is 0 Å². The molecule has 5 aliphatic heterocycles. The van der Waals surface area contributed by atoms with Crippen LogP contribution in [0.1, 0.15) is 77.0 Å². The highest BCUT2D eigenvalue weighted by atomic mass is 16.2. The number of nitrogens with two attached hydrogens (primary N) is 1. The zero-order valence-corrected chi connectivity index (χ0v) is 21.4. The highest BCUT2D eigenvalue weighted by Crippen LogP contribution is 2.33. The SMILES string of the molecule is NC(=O)[C@@H]1CC(=O)N2CCC(CC2)N2CCC[C@H]2C(=O)NC2(CCN(C3CCCC3)CC2)CC(=O)N1. The number of hydrogen-bond donors (Lipinski definition) is 3. The lowest BCUT2D eigenvalue weighted by Crippen LogP contribution is -2.61. The fourth-order valence-corrected chi connectivity index (χ4v) is 7.31. The number of fused-ring (bicyclic) bond motifs is 8. The van der Waals surface area contributed by atoms with Gasteiger partial charge in [-0.05, 0) is 57.9 Å². The smallest absolute Gasteiger partial charge is 0.240 e. The van der Waals surface area contributed by atoms with Crippen molar-refractivity contribution in [3.63, 3.8) is 0 Å². The van der Waals surface area contributed by atoms with Gasteiger partial charge in [0.25, 0.3) is 0 Å². The molecule has 0 aromatic carbocycles. The van der Waals surface area contributed by atoms with Gasteiger partial charge in [0, 0.05) is 44.7 Å². The molecule has 0 radical (unpaired) electrons. The van der Waals surface area contributed by atoms with Gasteiger partial charge in [-0.3, -0.25) is 24.1 Å². The van der Waals surface area contributed by atoms with E-state index in [0.29, 0.717) is 32.0 Å². The van der Waals surface area contributed by atoms with E-state index in [1.807, 2.05) is 0 Å². The van der Waals surface area contributed by atoms with E-state index in [1.165, 1.54) is 25.7 Å². The second-order valence-electron chi connectivity index (χ2n) is 11.7. The van der Waals surface area contributed by atoms with Gasteiger partial charge in [0.15, 0.2) is 0 Å². The van der Waals surface area contributed by atoms with E-state index in [9.17, 15) is 19.2 Å². The molecule has 5 heterocycles. The van der Waals surface area contributed by atoms with Crippen LogP contribution in [0.3, 0.4) is 0 Å². The molecular weight excluding hydrogens is 460 g/mol. The molecule has 6 rings (SSSR count). The van der Waals surface area contributed by atoms with E-state index in [1.54, 1.807) is 4.90 Å². The Morgan fingerprint density at radius 3 is 2.22 bits per heavy atom. The Morgan fingerprint density at radius 2 is 1.56 bits per heavy atom. The largest absolute Gasteiger partial charge is 0.368 e. The maximum Gasteiger partial charge on any atom is 0.240 e. The lowest BCUT2D eigenvalue weighted by Gasteiger charge is -2.45. The van der Waals surface area contributed by atoms with E-state index < -0.39 is 17.5 Å². The van der Waals surface area contributed by atoms with Crippen LogP contribution in [-0.4, -0.2) is 101 Å². The van der Waals surface area contributed by atoms with Gasteiger partial charge in [0.1, 0.15) is 6.04 Å². The molecule has 10 nitrogen and oxygen atoms in total. The van der Waals surface area contributed by atoms with Crippen LogP contribution in [0, 0.1) is 0 Å². The number of likely N-dealkylation sites (tertiary alicyclic amines) is 1. The van der Waals surface area contributed by atoms with Crippen molar-refractivity contribution in [1.29, 1.82) is 0 Å². The van der Waals surface area contributed by atoms with Gasteiger partial charge < -0.3 is 26.2 Å². The predicted molar refractivity (Wildman–Crippen MR) is 134 cm³/mol. The standard InChI is InChI=1S/C26H42N6O4/c27-24(35)20-16-23(34)31-12-7-19(8-13-31)32-11-3-6-21(32)25(36)29-26(17-22(33)28-20)9-14-30(15-10-26)18-4-1-2-5-18/h18-21H,1-17H2,(H2,27,35)(H,28,33)(H,29,36)/t20-,21-/m0/s1. The third-order valence-electron chi connectivity index (χ3n) is 9.42. The number of carbonyl (C=O) groups excluding carboxylic acids is 4. The summed E-state index contributed by atoms with van der Waals surface area (Å²) in [5.74, 6) is -1.17. The predicted octanol–water partition coefficient (Wildman–Crippen LogP) is 0.0991. The number of piperidine rings is 2. The molecule has 4 amide bonds. The third kappa shape index (κ3) is 5.39. The van der Waals surface area contributed by atoms with Gasteiger partial charge in [-0.1, -0.05) is 12.8 Å². The third-order valence-corrected chi connectivity index (χ3v) is 9.42. The molecule has 2 atom stereocenters. The Morgan fingerprint density at radius 1 is 0.861 bits per heavy atom. The van der Waals surface area contributed by atoms with Crippen LogP contribution in [0.15, 0.2) is 0 Å². The van der Waals surface area contributed by atoms with Crippen molar-refractivity contribution in [2.45, 2.75) is 107 Å². The minimum Gasteiger partial charge on any atom is -0.368 e. The summed E-state index contributed by atoms with van der Waals surface area (Å²) in [7, 11) is 0. The summed E-state index contributed by atoms with van der Waals surface area (Å²) in [4.78, 5) is 58.7. The van der Waals surface area contributed by atoms with E-state index >= 15 is 0 Å². The Kier molecular flexibility index (Phi) is 7.53. The molecule has 4 N–H and O–H groups in total. The Balaban J connectivity index is 1.38. The van der Waals surface area contributed by atoms with Crippen LogP contribution in [0.25, 0.3) is 0 Å². The lowest BCUT2D eigenvalue weighted by atomic mass is 9.82. The summed E-state index contributed by atoms with van der Waals surface area (Å²) >= 11 is 0. The summed E-state index contributed by atoms with van der Waals surface area (Å²) < 4.78 is 0. The number of nitrogens with one attached hydrogen (secondary N) is 2.